The van der Waals surface area contributed by atoms with Crippen molar-refractivity contribution in [2.24, 2.45) is 11.5 Å². The summed E-state index contributed by atoms with van der Waals surface area (Å²) in [7, 11) is 0. The van der Waals surface area contributed by atoms with Gasteiger partial charge in [-0.1, -0.05) is 12.1 Å². The second-order valence-electron chi connectivity index (χ2n) is 8.56. The molecule has 208 valence electrons. The van der Waals surface area contributed by atoms with Gasteiger partial charge in [-0.2, -0.15) is 13.2 Å². The van der Waals surface area contributed by atoms with Crippen LogP contribution in [0, 0.1) is 11.6 Å². The maximum absolute atomic E-state index is 14.9. The first-order chi connectivity index (χ1) is 18.2. The minimum Gasteiger partial charge on any atom is -0.432 e. The van der Waals surface area contributed by atoms with Crippen LogP contribution in [-0.2, 0) is 0 Å². The molecule has 0 saturated carbocycles. The quantitative estimate of drug-likeness (QED) is 0.193. The van der Waals surface area contributed by atoms with Crippen LogP contribution in [0.25, 0.3) is 16.9 Å². The molecule has 4 aromatic rings. The fourth-order valence-corrected chi connectivity index (χ4v) is 4.24. The third-order valence-electron chi connectivity index (χ3n) is 6.22. The summed E-state index contributed by atoms with van der Waals surface area (Å²) in [4.78, 5) is 22.5. The average molecular weight is 567 g/mol. The summed E-state index contributed by atoms with van der Waals surface area (Å²) in [5.74, 6) is -3.80. The normalized spacial score (nSPS) is 11.9. The molecule has 0 bridgehead atoms. The van der Waals surface area contributed by atoms with Gasteiger partial charge in [0, 0.05) is 30.1 Å². The Balaban J connectivity index is 0.00000420. The van der Waals surface area contributed by atoms with Crippen molar-refractivity contribution in [3.05, 3.63) is 77.8 Å². The summed E-state index contributed by atoms with van der Waals surface area (Å²) < 4.78 is 60.0. The zero-order chi connectivity index (χ0) is 27.4. The van der Waals surface area contributed by atoms with Gasteiger partial charge in [0.1, 0.15) is 0 Å². The maximum atomic E-state index is 14.9. The highest BCUT2D eigenvalue weighted by molar-refractivity contribution is 5.92. The number of benzene rings is 2. The Hall–Kier alpha value is -3.90. The minimum atomic E-state index is -3.29. The van der Waals surface area contributed by atoms with E-state index >= 15 is 0 Å². The third kappa shape index (κ3) is 6.23. The molecule has 0 radical (unpaired) electrons. The number of imidazole rings is 1. The number of carbonyl (C=O) groups excluding carboxylic acids is 1. The van der Waals surface area contributed by atoms with Gasteiger partial charge in [-0.15, -0.1) is 12.4 Å². The van der Waals surface area contributed by atoms with E-state index in [9.17, 15) is 22.4 Å². The monoisotopic (exact) mass is 566 g/mol. The average Bonchev–Trinajstić information content (AvgIpc) is 3.33. The van der Waals surface area contributed by atoms with E-state index < -0.39 is 29.9 Å². The largest absolute Gasteiger partial charge is 0.432 e. The van der Waals surface area contributed by atoms with Gasteiger partial charge >= 0.3 is 6.61 Å². The number of hydrogen-bond acceptors (Lipinski definition) is 6. The first-order valence-corrected chi connectivity index (χ1v) is 11.8. The van der Waals surface area contributed by atoms with Crippen molar-refractivity contribution < 1.29 is 27.1 Å². The lowest BCUT2D eigenvalue weighted by Gasteiger charge is -2.31. The van der Waals surface area contributed by atoms with Crippen LogP contribution in [0.2, 0.25) is 0 Å². The number of carbonyl (C=O) groups is 1. The number of unbranched alkanes of at least 4 members (excludes halogenated alkanes) is 1. The highest BCUT2D eigenvalue weighted by Crippen LogP contribution is 2.34. The molecule has 0 fully saturated rings. The number of alkyl halides is 2. The van der Waals surface area contributed by atoms with Crippen LogP contribution in [0.5, 0.6) is 5.75 Å². The highest BCUT2D eigenvalue weighted by Gasteiger charge is 2.24. The van der Waals surface area contributed by atoms with Gasteiger partial charge in [-0.3, -0.25) is 9.20 Å². The molecule has 0 aliphatic carbocycles. The molecule has 0 saturated heterocycles. The first-order valence-electron chi connectivity index (χ1n) is 11.8. The number of nitrogens with two attached hydrogens (primary N) is 2. The van der Waals surface area contributed by atoms with E-state index in [1.165, 1.54) is 12.4 Å². The predicted octanol–water partition coefficient (Wildman–Crippen LogP) is 5.10. The number of fused-ring (bicyclic) bond motifs is 1. The van der Waals surface area contributed by atoms with Crippen molar-refractivity contribution in [2.75, 3.05) is 18.0 Å². The SMILES string of the molecule is CC(c1ccc(C(N)=O)cc1)N(CCCCN)c1nccn2c(-c3ccc(OC(F)F)c(F)c3F)cnc12.Cl. The van der Waals surface area contributed by atoms with E-state index in [0.29, 0.717) is 30.1 Å². The summed E-state index contributed by atoms with van der Waals surface area (Å²) in [6, 6.07) is 8.78. The van der Waals surface area contributed by atoms with Crippen molar-refractivity contribution >= 4 is 29.8 Å². The Morgan fingerprint density at radius 3 is 2.44 bits per heavy atom. The number of hydrogen-bond donors (Lipinski definition) is 2. The van der Waals surface area contributed by atoms with Crippen LogP contribution in [-0.4, -0.2) is 40.0 Å². The summed E-state index contributed by atoms with van der Waals surface area (Å²) in [6.07, 6.45) is 5.93. The number of rotatable bonds is 11. The molecule has 1 amide bonds. The van der Waals surface area contributed by atoms with Crippen LogP contribution in [0.1, 0.15) is 41.7 Å². The second-order valence-corrected chi connectivity index (χ2v) is 8.56. The molecule has 1 atom stereocenters. The summed E-state index contributed by atoms with van der Waals surface area (Å²) in [5.41, 5.74) is 12.7. The molecule has 0 spiro atoms. The molecule has 2 heterocycles. The smallest absolute Gasteiger partial charge is 0.387 e. The van der Waals surface area contributed by atoms with E-state index in [1.807, 2.05) is 11.8 Å². The Morgan fingerprint density at radius 1 is 1.08 bits per heavy atom. The van der Waals surface area contributed by atoms with Crippen molar-refractivity contribution in [1.29, 1.82) is 0 Å². The first kappa shape index (κ1) is 29.7. The van der Waals surface area contributed by atoms with Gasteiger partial charge in [0.2, 0.25) is 11.7 Å². The van der Waals surface area contributed by atoms with Crippen molar-refractivity contribution in [2.45, 2.75) is 32.4 Å². The molecule has 0 aliphatic rings. The van der Waals surface area contributed by atoms with Crippen LogP contribution < -0.4 is 21.1 Å². The van der Waals surface area contributed by atoms with Crippen LogP contribution in [0.3, 0.4) is 0 Å². The van der Waals surface area contributed by atoms with Gasteiger partial charge in [0.15, 0.2) is 23.0 Å². The number of anilines is 1. The lowest BCUT2D eigenvalue weighted by molar-refractivity contribution is -0.0525. The number of halogens is 5. The number of nitrogens with zero attached hydrogens (tertiary/aromatic N) is 4. The molecule has 2 aromatic heterocycles. The predicted molar refractivity (Wildman–Crippen MR) is 141 cm³/mol. The van der Waals surface area contributed by atoms with E-state index in [-0.39, 0.29) is 29.7 Å². The van der Waals surface area contributed by atoms with Crippen LogP contribution in [0.15, 0.2) is 55.0 Å². The van der Waals surface area contributed by atoms with Crippen molar-refractivity contribution in [1.82, 2.24) is 14.4 Å². The standard InChI is InChI=1S/C26H26F4N6O2.ClH/c1-15(16-4-6-17(7-5-16)23(32)37)35(12-3-2-10-31)24-25-34-14-19(36(25)13-11-33-24)18-8-9-20(38-26(29)30)22(28)21(18)27;/h4-9,11,13-15,26H,2-3,10,12,31H2,1H3,(H2,32,37);1H. The van der Waals surface area contributed by atoms with E-state index in [1.54, 1.807) is 34.9 Å². The Bertz CT molecular complexity index is 1430. The molecule has 4 rings (SSSR count). The molecule has 4 N–H and O–H groups in total. The molecule has 13 heteroatoms. The van der Waals surface area contributed by atoms with Crippen LogP contribution >= 0.6 is 12.4 Å². The third-order valence-corrected chi connectivity index (χ3v) is 6.22. The number of amides is 1. The topological polar surface area (TPSA) is 112 Å². The lowest BCUT2D eigenvalue weighted by Crippen LogP contribution is -2.30. The van der Waals surface area contributed by atoms with Gasteiger partial charge < -0.3 is 21.1 Å². The zero-order valence-corrected chi connectivity index (χ0v) is 21.7. The van der Waals surface area contributed by atoms with E-state index in [4.69, 9.17) is 11.5 Å². The molecular formula is C26H27ClF4N6O2. The Labute approximate surface area is 228 Å². The van der Waals surface area contributed by atoms with Gasteiger partial charge in [0.05, 0.1) is 17.9 Å². The molecule has 0 aliphatic heterocycles. The molecule has 2 aromatic carbocycles. The Morgan fingerprint density at radius 2 is 1.79 bits per heavy atom. The summed E-state index contributed by atoms with van der Waals surface area (Å²) in [6.45, 7) is -0.254. The summed E-state index contributed by atoms with van der Waals surface area (Å²) in [5, 5.41) is 0. The molecular weight excluding hydrogens is 540 g/mol. The van der Waals surface area contributed by atoms with E-state index in [2.05, 4.69) is 14.7 Å². The molecule has 1 unspecified atom stereocenters. The van der Waals surface area contributed by atoms with Crippen molar-refractivity contribution in [3.8, 4) is 17.0 Å². The lowest BCUT2D eigenvalue weighted by atomic mass is 10.0. The van der Waals surface area contributed by atoms with Crippen molar-refractivity contribution in [3.63, 3.8) is 0 Å². The Kier molecular flexibility index (Phi) is 9.71. The zero-order valence-electron chi connectivity index (χ0n) is 20.9. The fraction of sp³-hybridized carbons (Fsp3) is 0.269. The van der Waals surface area contributed by atoms with Gasteiger partial charge in [-0.25, -0.2) is 14.4 Å². The van der Waals surface area contributed by atoms with Gasteiger partial charge in [0.25, 0.3) is 0 Å². The molecule has 8 nitrogen and oxygen atoms in total. The number of ether oxygens (including phenoxy) is 1. The van der Waals surface area contributed by atoms with Crippen LogP contribution in [0.4, 0.5) is 23.4 Å². The molecule has 39 heavy (non-hydrogen) atoms. The number of primary amides is 1. The highest BCUT2D eigenvalue weighted by atomic mass is 35.5. The second kappa shape index (κ2) is 12.8. The minimum absolute atomic E-state index is 0. The van der Waals surface area contributed by atoms with Gasteiger partial charge in [-0.05, 0) is 56.1 Å². The number of aromatic nitrogens is 3. The summed E-state index contributed by atoms with van der Waals surface area (Å²) >= 11 is 0. The van der Waals surface area contributed by atoms with E-state index in [0.717, 1.165) is 30.5 Å². The fourth-order valence-electron chi connectivity index (χ4n) is 4.24. The maximum Gasteiger partial charge on any atom is 0.387 e.